The molecule has 2 aromatic carbocycles. The molecule has 0 radical (unpaired) electrons. The van der Waals surface area contributed by atoms with Crippen molar-refractivity contribution in [1.29, 1.82) is 0 Å². The number of hydrogen-bond donors (Lipinski definition) is 0. The maximum atomic E-state index is 12.3. The first kappa shape index (κ1) is 15.9. The van der Waals surface area contributed by atoms with Gasteiger partial charge < -0.3 is 4.74 Å². The van der Waals surface area contributed by atoms with Crippen LogP contribution in [0.15, 0.2) is 42.5 Å². The van der Waals surface area contributed by atoms with Crippen LogP contribution < -0.4 is 4.74 Å². The normalized spacial score (nSPS) is 12.0. The number of aryl methyl sites for hydroxylation is 1. The Morgan fingerprint density at radius 3 is 2.43 bits per heavy atom. The minimum atomic E-state index is -0.631. The summed E-state index contributed by atoms with van der Waals surface area (Å²) in [6.45, 7) is 3.77. The number of Topliss-reactive ketones (excluding diaryl/α,β-unsaturated/α-hetero) is 1. The lowest BCUT2D eigenvalue weighted by Crippen LogP contribution is -2.24. The molecule has 0 spiro atoms. The van der Waals surface area contributed by atoms with E-state index in [-0.39, 0.29) is 5.78 Å². The van der Waals surface area contributed by atoms with E-state index in [0.717, 1.165) is 6.42 Å². The van der Waals surface area contributed by atoms with E-state index >= 15 is 0 Å². The molecule has 2 rings (SSSR count). The maximum Gasteiger partial charge on any atom is 0.202 e. The zero-order chi connectivity index (χ0) is 15.4. The Labute approximate surface area is 134 Å². The van der Waals surface area contributed by atoms with Crippen LogP contribution in [0, 0.1) is 0 Å². The Balaban J connectivity index is 2.13. The van der Waals surface area contributed by atoms with Crippen molar-refractivity contribution in [3.8, 4) is 5.75 Å². The number of halogens is 2. The molecule has 0 saturated carbocycles. The van der Waals surface area contributed by atoms with Crippen molar-refractivity contribution >= 4 is 29.0 Å². The lowest BCUT2D eigenvalue weighted by atomic mass is 10.0. The fourth-order valence-electron chi connectivity index (χ4n) is 1.96. The maximum absolute atomic E-state index is 12.3. The highest BCUT2D eigenvalue weighted by Crippen LogP contribution is 2.32. The van der Waals surface area contributed by atoms with Crippen molar-refractivity contribution in [2.45, 2.75) is 26.4 Å². The standard InChI is InChI=1S/C17H16Cl2O2/c1-3-12-7-9-13(10-8-12)17(20)11(2)21-15-6-4-5-14(18)16(15)19/h4-11H,3H2,1-2H3. The number of benzene rings is 2. The van der Waals surface area contributed by atoms with Gasteiger partial charge in [-0.2, -0.15) is 0 Å². The summed E-state index contributed by atoms with van der Waals surface area (Å²) in [7, 11) is 0. The van der Waals surface area contributed by atoms with Crippen LogP contribution in [0.25, 0.3) is 0 Å². The van der Waals surface area contributed by atoms with Gasteiger partial charge in [0.2, 0.25) is 5.78 Å². The molecule has 0 aliphatic carbocycles. The molecule has 0 N–H and O–H groups in total. The Hall–Kier alpha value is -1.51. The summed E-state index contributed by atoms with van der Waals surface area (Å²) in [5.74, 6) is 0.323. The zero-order valence-corrected chi connectivity index (χ0v) is 13.4. The molecule has 0 aliphatic heterocycles. The molecule has 1 atom stereocenters. The van der Waals surface area contributed by atoms with E-state index in [1.165, 1.54) is 5.56 Å². The SMILES string of the molecule is CCc1ccc(C(=O)C(C)Oc2cccc(Cl)c2Cl)cc1. The summed E-state index contributed by atoms with van der Waals surface area (Å²) < 4.78 is 5.63. The zero-order valence-electron chi connectivity index (χ0n) is 11.9. The van der Waals surface area contributed by atoms with Gasteiger partial charge in [0, 0.05) is 5.56 Å². The smallest absolute Gasteiger partial charge is 0.202 e. The van der Waals surface area contributed by atoms with Crippen LogP contribution in [0.5, 0.6) is 5.75 Å². The second-order valence-electron chi connectivity index (χ2n) is 4.73. The number of hydrogen-bond acceptors (Lipinski definition) is 2. The molecule has 0 fully saturated rings. The molecule has 0 aromatic heterocycles. The first-order valence-electron chi connectivity index (χ1n) is 6.76. The van der Waals surface area contributed by atoms with E-state index in [1.54, 1.807) is 25.1 Å². The minimum Gasteiger partial charge on any atom is -0.481 e. The molecule has 2 nitrogen and oxygen atoms in total. The highest BCUT2D eigenvalue weighted by molar-refractivity contribution is 6.42. The molecule has 0 saturated heterocycles. The van der Waals surface area contributed by atoms with Gasteiger partial charge in [-0.25, -0.2) is 0 Å². The van der Waals surface area contributed by atoms with E-state index in [2.05, 4.69) is 6.92 Å². The van der Waals surface area contributed by atoms with Crippen LogP contribution >= 0.6 is 23.2 Å². The fourth-order valence-corrected chi connectivity index (χ4v) is 2.29. The Kier molecular flexibility index (Phi) is 5.27. The molecule has 0 bridgehead atoms. The summed E-state index contributed by atoms with van der Waals surface area (Å²) in [4.78, 5) is 12.3. The second kappa shape index (κ2) is 6.97. The Morgan fingerprint density at radius 1 is 1.14 bits per heavy atom. The lowest BCUT2D eigenvalue weighted by molar-refractivity contribution is 0.0818. The van der Waals surface area contributed by atoms with E-state index < -0.39 is 6.10 Å². The van der Waals surface area contributed by atoms with Gasteiger partial charge in [-0.3, -0.25) is 4.79 Å². The molecule has 4 heteroatoms. The van der Waals surface area contributed by atoms with Crippen molar-refractivity contribution in [2.75, 3.05) is 0 Å². The average Bonchev–Trinajstić information content (AvgIpc) is 2.51. The molecule has 21 heavy (non-hydrogen) atoms. The van der Waals surface area contributed by atoms with Crippen LogP contribution in [0.1, 0.15) is 29.8 Å². The number of ketones is 1. The third-order valence-electron chi connectivity index (χ3n) is 3.24. The van der Waals surface area contributed by atoms with Crippen LogP contribution in [-0.4, -0.2) is 11.9 Å². The van der Waals surface area contributed by atoms with Gasteiger partial charge >= 0.3 is 0 Å². The number of carbonyl (C=O) groups excluding carboxylic acids is 1. The van der Waals surface area contributed by atoms with Gasteiger partial charge in [-0.05, 0) is 31.0 Å². The van der Waals surface area contributed by atoms with Crippen molar-refractivity contribution in [2.24, 2.45) is 0 Å². The third kappa shape index (κ3) is 3.78. The lowest BCUT2D eigenvalue weighted by Gasteiger charge is -2.15. The van der Waals surface area contributed by atoms with Gasteiger partial charge in [-0.15, -0.1) is 0 Å². The van der Waals surface area contributed by atoms with E-state index in [1.807, 2.05) is 24.3 Å². The van der Waals surface area contributed by atoms with Gasteiger partial charge in [-0.1, -0.05) is 60.5 Å². The van der Waals surface area contributed by atoms with Crippen LogP contribution in [0.3, 0.4) is 0 Å². The first-order chi connectivity index (χ1) is 10.0. The number of carbonyl (C=O) groups is 1. The number of rotatable bonds is 5. The fraction of sp³-hybridized carbons (Fsp3) is 0.235. The molecule has 1 unspecified atom stereocenters. The van der Waals surface area contributed by atoms with Gasteiger partial charge in [0.15, 0.2) is 6.10 Å². The summed E-state index contributed by atoms with van der Waals surface area (Å²) in [6, 6.07) is 12.6. The highest BCUT2D eigenvalue weighted by Gasteiger charge is 2.18. The summed E-state index contributed by atoms with van der Waals surface area (Å²) >= 11 is 12.0. The minimum absolute atomic E-state index is 0.0892. The molecule has 0 amide bonds. The second-order valence-corrected chi connectivity index (χ2v) is 5.51. The first-order valence-corrected chi connectivity index (χ1v) is 7.52. The summed E-state index contributed by atoms with van der Waals surface area (Å²) in [6.07, 6.45) is 0.312. The van der Waals surface area contributed by atoms with Gasteiger partial charge in [0.05, 0.1) is 5.02 Å². The van der Waals surface area contributed by atoms with Crippen molar-refractivity contribution in [1.82, 2.24) is 0 Å². The monoisotopic (exact) mass is 322 g/mol. The quantitative estimate of drug-likeness (QED) is 0.706. The molecule has 110 valence electrons. The number of ether oxygens (including phenoxy) is 1. The predicted molar refractivity (Wildman–Crippen MR) is 86.7 cm³/mol. The Morgan fingerprint density at radius 2 is 1.81 bits per heavy atom. The molecular formula is C17H16Cl2O2. The summed E-state index contributed by atoms with van der Waals surface area (Å²) in [5, 5.41) is 0.723. The van der Waals surface area contributed by atoms with Crippen LogP contribution in [-0.2, 0) is 6.42 Å². The van der Waals surface area contributed by atoms with Crippen LogP contribution in [0.4, 0.5) is 0 Å². The predicted octanol–water partition coefficient (Wildman–Crippen LogP) is 5.21. The molecular weight excluding hydrogens is 307 g/mol. The van der Waals surface area contributed by atoms with Crippen molar-refractivity contribution < 1.29 is 9.53 Å². The van der Waals surface area contributed by atoms with Gasteiger partial charge in [0.1, 0.15) is 10.8 Å². The average molecular weight is 323 g/mol. The van der Waals surface area contributed by atoms with Gasteiger partial charge in [0.25, 0.3) is 0 Å². The largest absolute Gasteiger partial charge is 0.481 e. The Bertz CT molecular complexity index is 636. The highest BCUT2D eigenvalue weighted by atomic mass is 35.5. The van der Waals surface area contributed by atoms with E-state index in [9.17, 15) is 4.79 Å². The molecule has 2 aromatic rings. The van der Waals surface area contributed by atoms with E-state index in [0.29, 0.717) is 21.4 Å². The molecule has 0 heterocycles. The van der Waals surface area contributed by atoms with Crippen molar-refractivity contribution in [3.05, 3.63) is 63.6 Å². The van der Waals surface area contributed by atoms with E-state index in [4.69, 9.17) is 27.9 Å². The van der Waals surface area contributed by atoms with Crippen LogP contribution in [0.2, 0.25) is 10.0 Å². The summed E-state index contributed by atoms with van der Waals surface area (Å²) in [5.41, 5.74) is 1.82. The topological polar surface area (TPSA) is 26.3 Å². The molecule has 0 aliphatic rings. The third-order valence-corrected chi connectivity index (χ3v) is 4.04. The van der Waals surface area contributed by atoms with Crippen molar-refractivity contribution in [3.63, 3.8) is 0 Å².